The van der Waals surface area contributed by atoms with Crippen LogP contribution in [0.4, 0.5) is 0 Å². The van der Waals surface area contributed by atoms with E-state index in [4.69, 9.17) is 0 Å². The van der Waals surface area contributed by atoms with Crippen LogP contribution >= 0.6 is 0 Å². The van der Waals surface area contributed by atoms with Gasteiger partial charge >= 0.3 is 0 Å². The molecule has 0 unspecified atom stereocenters. The molecule has 5 nitrogen and oxygen atoms in total. The fraction of sp³-hybridized carbons (Fsp3) is 0.875. The Morgan fingerprint density at radius 2 is 1.86 bits per heavy atom. The minimum atomic E-state index is 0.704. The lowest BCUT2D eigenvalue weighted by Gasteiger charge is -2.18. The van der Waals surface area contributed by atoms with Gasteiger partial charge in [0.05, 0.1) is 13.1 Å². The van der Waals surface area contributed by atoms with E-state index in [1.807, 2.05) is 0 Å². The Bertz CT molecular complexity index is 473. The van der Waals surface area contributed by atoms with E-state index in [-0.39, 0.29) is 0 Å². The largest absolute Gasteiger partial charge is 0.313 e. The van der Waals surface area contributed by atoms with Crippen molar-refractivity contribution in [2.45, 2.75) is 70.6 Å². The quantitative estimate of drug-likeness (QED) is 0.899. The summed E-state index contributed by atoms with van der Waals surface area (Å²) >= 11 is 0. The molecule has 2 aliphatic carbocycles. The minimum absolute atomic E-state index is 0.704. The molecule has 4 rings (SSSR count). The maximum atomic E-state index is 4.47. The molecular weight excluding hydrogens is 262 g/mol. The van der Waals surface area contributed by atoms with Gasteiger partial charge in [0.2, 0.25) is 0 Å². The van der Waals surface area contributed by atoms with Crippen molar-refractivity contribution in [1.29, 1.82) is 0 Å². The van der Waals surface area contributed by atoms with Crippen LogP contribution in [0.5, 0.6) is 0 Å². The molecular formula is C16H27N5. The molecule has 1 aromatic heterocycles. The smallest absolute Gasteiger partial charge is 0.147 e. The van der Waals surface area contributed by atoms with Crippen LogP contribution in [0.1, 0.15) is 56.6 Å². The molecule has 2 saturated carbocycles. The van der Waals surface area contributed by atoms with Gasteiger partial charge in [-0.2, -0.15) is 0 Å². The number of rotatable bonds is 5. The molecule has 0 spiro atoms. The Labute approximate surface area is 127 Å². The summed E-state index contributed by atoms with van der Waals surface area (Å²) in [5.41, 5.74) is 0. The number of fused-ring (bicyclic) bond motifs is 1. The summed E-state index contributed by atoms with van der Waals surface area (Å²) in [6, 6.07) is 0.704. The van der Waals surface area contributed by atoms with Crippen LogP contribution in [-0.2, 0) is 19.6 Å². The molecule has 1 aromatic rings. The van der Waals surface area contributed by atoms with E-state index in [1.54, 1.807) is 0 Å². The molecule has 1 aliphatic heterocycles. The monoisotopic (exact) mass is 289 g/mol. The first-order chi connectivity index (χ1) is 10.4. The van der Waals surface area contributed by atoms with Gasteiger partial charge in [0.25, 0.3) is 0 Å². The molecule has 116 valence electrons. The summed E-state index contributed by atoms with van der Waals surface area (Å²) < 4.78 is 2.37. The van der Waals surface area contributed by atoms with Gasteiger partial charge in [-0.3, -0.25) is 4.90 Å². The molecule has 5 heteroatoms. The Morgan fingerprint density at radius 1 is 1.00 bits per heavy atom. The normalized spacial score (nSPS) is 24.2. The number of hydrogen-bond acceptors (Lipinski definition) is 4. The average Bonchev–Trinajstić information content (AvgIpc) is 3.06. The van der Waals surface area contributed by atoms with Gasteiger partial charge in [-0.15, -0.1) is 10.2 Å². The molecule has 0 aromatic carbocycles. The predicted octanol–water partition coefficient (Wildman–Crippen LogP) is 1.93. The van der Waals surface area contributed by atoms with E-state index in [9.17, 15) is 0 Å². The van der Waals surface area contributed by atoms with E-state index in [2.05, 4.69) is 25.0 Å². The zero-order chi connectivity index (χ0) is 14.1. The van der Waals surface area contributed by atoms with Crippen LogP contribution in [0.3, 0.4) is 0 Å². The molecule has 1 N–H and O–H groups in total. The van der Waals surface area contributed by atoms with E-state index in [0.29, 0.717) is 6.04 Å². The van der Waals surface area contributed by atoms with Crippen molar-refractivity contribution in [2.24, 2.45) is 5.92 Å². The van der Waals surface area contributed by atoms with E-state index in [1.165, 1.54) is 63.9 Å². The number of nitrogens with zero attached hydrogens (tertiary/aromatic N) is 4. The maximum Gasteiger partial charge on any atom is 0.147 e. The molecule has 2 heterocycles. The van der Waals surface area contributed by atoms with E-state index >= 15 is 0 Å². The molecule has 0 bridgehead atoms. The Kier molecular flexibility index (Phi) is 3.95. The van der Waals surface area contributed by atoms with Gasteiger partial charge in [-0.05, 0) is 38.0 Å². The molecule has 0 radical (unpaired) electrons. The Hall–Kier alpha value is -0.940. The first kappa shape index (κ1) is 13.7. The van der Waals surface area contributed by atoms with Crippen LogP contribution in [0.25, 0.3) is 0 Å². The van der Waals surface area contributed by atoms with Gasteiger partial charge in [-0.25, -0.2) is 0 Å². The third kappa shape index (κ3) is 3.29. The highest BCUT2D eigenvalue weighted by atomic mass is 15.3. The Morgan fingerprint density at radius 3 is 2.67 bits per heavy atom. The number of nitrogens with one attached hydrogen (secondary N) is 1. The van der Waals surface area contributed by atoms with Crippen molar-refractivity contribution in [3.8, 4) is 0 Å². The highest BCUT2D eigenvalue weighted by molar-refractivity contribution is 4.99. The van der Waals surface area contributed by atoms with Gasteiger partial charge < -0.3 is 9.88 Å². The lowest BCUT2D eigenvalue weighted by Crippen LogP contribution is -2.27. The highest BCUT2D eigenvalue weighted by Gasteiger charge is 2.27. The van der Waals surface area contributed by atoms with Crippen molar-refractivity contribution in [3.63, 3.8) is 0 Å². The van der Waals surface area contributed by atoms with Crippen molar-refractivity contribution < 1.29 is 0 Å². The number of aromatic nitrogens is 3. The molecule has 0 atom stereocenters. The summed E-state index contributed by atoms with van der Waals surface area (Å²) in [6.07, 6.45) is 9.51. The molecule has 0 saturated heterocycles. The third-order valence-corrected chi connectivity index (χ3v) is 5.24. The molecule has 3 aliphatic rings. The van der Waals surface area contributed by atoms with E-state index in [0.717, 1.165) is 31.4 Å². The molecule has 0 amide bonds. The van der Waals surface area contributed by atoms with Crippen LogP contribution in [0.15, 0.2) is 0 Å². The predicted molar refractivity (Wildman–Crippen MR) is 81.7 cm³/mol. The average molecular weight is 289 g/mol. The lowest BCUT2D eigenvalue weighted by atomic mass is 10.2. The first-order valence-electron chi connectivity index (χ1n) is 8.75. The second-order valence-corrected chi connectivity index (χ2v) is 7.08. The minimum Gasteiger partial charge on any atom is -0.313 e. The van der Waals surface area contributed by atoms with Crippen molar-refractivity contribution in [3.05, 3.63) is 11.6 Å². The second kappa shape index (κ2) is 6.05. The van der Waals surface area contributed by atoms with Gasteiger partial charge in [0, 0.05) is 25.7 Å². The van der Waals surface area contributed by atoms with Crippen LogP contribution in [-0.4, -0.2) is 38.8 Å². The zero-order valence-corrected chi connectivity index (χ0v) is 12.9. The molecule has 21 heavy (non-hydrogen) atoms. The van der Waals surface area contributed by atoms with Crippen LogP contribution in [0.2, 0.25) is 0 Å². The van der Waals surface area contributed by atoms with Crippen LogP contribution < -0.4 is 5.32 Å². The van der Waals surface area contributed by atoms with Gasteiger partial charge in [0.1, 0.15) is 11.6 Å². The Balaban J connectivity index is 1.39. The summed E-state index contributed by atoms with van der Waals surface area (Å²) in [7, 11) is 0. The van der Waals surface area contributed by atoms with Crippen molar-refractivity contribution in [1.82, 2.24) is 25.0 Å². The van der Waals surface area contributed by atoms with Gasteiger partial charge in [0.15, 0.2) is 0 Å². The summed E-state index contributed by atoms with van der Waals surface area (Å²) in [4.78, 5) is 2.58. The van der Waals surface area contributed by atoms with Crippen molar-refractivity contribution in [2.75, 3.05) is 13.1 Å². The second-order valence-electron chi connectivity index (χ2n) is 7.08. The van der Waals surface area contributed by atoms with Crippen molar-refractivity contribution >= 4 is 0 Å². The van der Waals surface area contributed by atoms with Crippen LogP contribution in [0, 0.1) is 5.92 Å². The SMILES string of the molecule is C1CCC(NCc2nnc3n2CCCN(CC2CC2)C3)C1. The summed E-state index contributed by atoms with van der Waals surface area (Å²) in [5.74, 6) is 3.28. The fourth-order valence-electron chi connectivity index (χ4n) is 3.80. The standard InChI is InChI=1S/C16H27N5/c1-2-5-14(4-1)17-10-15-18-19-16-12-20(11-13-6-7-13)8-3-9-21(15)16/h13-14,17H,1-12H2. The lowest BCUT2D eigenvalue weighted by molar-refractivity contribution is 0.255. The summed E-state index contributed by atoms with van der Waals surface area (Å²) in [6.45, 7) is 5.45. The fourth-order valence-corrected chi connectivity index (χ4v) is 3.80. The zero-order valence-electron chi connectivity index (χ0n) is 12.9. The maximum absolute atomic E-state index is 4.47. The topological polar surface area (TPSA) is 46.0 Å². The third-order valence-electron chi connectivity index (χ3n) is 5.24. The van der Waals surface area contributed by atoms with E-state index < -0.39 is 0 Å². The highest BCUT2D eigenvalue weighted by Crippen LogP contribution is 2.30. The van der Waals surface area contributed by atoms with Gasteiger partial charge in [-0.1, -0.05) is 12.8 Å². The number of hydrogen-bond donors (Lipinski definition) is 1. The first-order valence-corrected chi connectivity index (χ1v) is 8.75. The summed E-state index contributed by atoms with van der Waals surface area (Å²) in [5, 5.41) is 12.6. The molecule has 2 fully saturated rings.